The molecule has 2 saturated carbocycles. The molecule has 3 aliphatic carbocycles. The van der Waals surface area contributed by atoms with Crippen LogP contribution in [0.25, 0.3) is 0 Å². The smallest absolute Gasteiger partial charge is 0.408 e. The van der Waals surface area contributed by atoms with Gasteiger partial charge in [-0.3, -0.25) is 9.69 Å². The molecule has 61 heavy (non-hydrogen) atoms. The number of ether oxygens (including phenoxy) is 7. The fourth-order valence-electron chi connectivity index (χ4n) is 10.8. The van der Waals surface area contributed by atoms with Crippen molar-refractivity contribution in [2.45, 2.75) is 153 Å². The molecule has 3 heterocycles. The molecule has 0 spiro atoms. The highest BCUT2D eigenvalue weighted by Crippen LogP contribution is 2.66. The first-order valence-electron chi connectivity index (χ1n) is 21.2. The predicted octanol–water partition coefficient (Wildman–Crippen LogP) is 4.11. The van der Waals surface area contributed by atoms with E-state index in [0.29, 0.717) is 30.5 Å². The molecule has 338 valence electrons. The molecule has 15 nitrogen and oxygen atoms in total. The van der Waals surface area contributed by atoms with Gasteiger partial charge in [-0.1, -0.05) is 39.0 Å². The van der Waals surface area contributed by atoms with E-state index in [2.05, 4.69) is 10.2 Å². The van der Waals surface area contributed by atoms with Crippen molar-refractivity contribution < 1.29 is 71.3 Å². The number of halogens is 2. The van der Waals surface area contributed by atoms with E-state index in [-0.39, 0.29) is 12.2 Å². The van der Waals surface area contributed by atoms with Gasteiger partial charge in [0.1, 0.15) is 48.3 Å². The van der Waals surface area contributed by atoms with Crippen LogP contribution in [0.4, 0.5) is 13.6 Å². The third kappa shape index (κ3) is 7.96. The standard InChI is InChI=1S/C44H60F2N2O13/c1-23-27(56-38(52)32(50)31(26(46)20-45)47-39(53)61-40(3,4)5)19-44(54)36(59-37(51)25-13-10-9-11-14-25)34-42(8,16-15-28-43(34,22-55-28)60-24(2)49)35-33(30(23)41(44,6)7)57-29(58-35)21-48-17-12-18-48/h9-11,13-14,26-29,31-36,50,54H,12,15-22H2,1-8H3,(H,47,53)/t26-,27-,28+,29+,31-,32+,33+,34-,35+,36-,42+,43-,44+/m0/s1. The van der Waals surface area contributed by atoms with Crippen LogP contribution in [-0.2, 0) is 42.7 Å². The molecule has 3 saturated heterocycles. The van der Waals surface area contributed by atoms with E-state index in [1.54, 1.807) is 71.9 Å². The second-order valence-corrected chi connectivity index (χ2v) is 19.3. The van der Waals surface area contributed by atoms with Crippen LogP contribution in [0.5, 0.6) is 0 Å². The molecule has 7 rings (SSSR count). The normalized spacial score (nSPS) is 36.8. The number of likely N-dealkylation sites (tertiary alicyclic amines) is 1. The molecule has 6 aliphatic rings. The Labute approximate surface area is 354 Å². The number of nitrogens with zero attached hydrogens (tertiary/aromatic N) is 1. The van der Waals surface area contributed by atoms with Crippen molar-refractivity contribution in [3.63, 3.8) is 0 Å². The number of esters is 3. The van der Waals surface area contributed by atoms with E-state index in [4.69, 9.17) is 33.2 Å². The van der Waals surface area contributed by atoms with Gasteiger partial charge in [0.25, 0.3) is 0 Å². The SMILES string of the molecule is CC(=O)O[C@@]12CO[C@@H]1CC[C@@]1(C)[C@@H]3O[C@H](CN4CCC4)O[C@@H]3C3=C(C)[C@@H](OC(=O)[C@H](O)[C@@H](NC(=O)OC(C)(C)C)[C@@H](F)CF)C[C@@](O)([C@@H](OC(=O)c4ccccc4)[C@@H]12)C3(C)C. The van der Waals surface area contributed by atoms with E-state index >= 15 is 4.39 Å². The fourth-order valence-corrected chi connectivity index (χ4v) is 10.8. The molecule has 1 aromatic rings. The van der Waals surface area contributed by atoms with Crippen LogP contribution in [0.3, 0.4) is 0 Å². The molecular formula is C44H60F2N2O13. The van der Waals surface area contributed by atoms with Gasteiger partial charge in [0, 0.05) is 30.7 Å². The van der Waals surface area contributed by atoms with E-state index in [1.807, 2.05) is 6.92 Å². The monoisotopic (exact) mass is 862 g/mol. The number of rotatable bonds is 11. The molecule has 13 atom stereocenters. The number of hydrogen-bond donors (Lipinski definition) is 3. The summed E-state index contributed by atoms with van der Waals surface area (Å²) in [5.41, 5.74) is -5.86. The lowest BCUT2D eigenvalue weighted by Crippen LogP contribution is -2.79. The van der Waals surface area contributed by atoms with Crippen LogP contribution in [-0.4, -0.2) is 144 Å². The Hall–Kier alpha value is -3.74. The Kier molecular flexibility index (Phi) is 12.2. The minimum Gasteiger partial charge on any atom is -0.456 e. The molecule has 5 fully saturated rings. The summed E-state index contributed by atoms with van der Waals surface area (Å²) < 4.78 is 72.9. The molecule has 0 unspecified atom stereocenters. The summed E-state index contributed by atoms with van der Waals surface area (Å²) in [4.78, 5) is 56.3. The number of alkyl carbamates (subject to hydrolysis) is 1. The Morgan fingerprint density at radius 2 is 1.75 bits per heavy atom. The highest BCUT2D eigenvalue weighted by molar-refractivity contribution is 5.89. The van der Waals surface area contributed by atoms with Crippen LogP contribution >= 0.6 is 0 Å². The Balaban J connectivity index is 1.37. The van der Waals surface area contributed by atoms with Crippen LogP contribution in [0.2, 0.25) is 0 Å². The molecule has 3 aliphatic heterocycles. The van der Waals surface area contributed by atoms with Crippen LogP contribution in [0.1, 0.15) is 91.4 Å². The number of fused-ring (bicyclic) bond motifs is 8. The summed E-state index contributed by atoms with van der Waals surface area (Å²) >= 11 is 0. The predicted molar refractivity (Wildman–Crippen MR) is 211 cm³/mol. The largest absolute Gasteiger partial charge is 0.456 e. The van der Waals surface area contributed by atoms with Gasteiger partial charge in [-0.25, -0.2) is 23.2 Å². The topological polar surface area (TPSA) is 189 Å². The lowest BCUT2D eigenvalue weighted by atomic mass is 9.45. The van der Waals surface area contributed by atoms with Crippen molar-refractivity contribution in [2.24, 2.45) is 16.7 Å². The first-order valence-corrected chi connectivity index (χ1v) is 21.2. The number of amides is 1. The number of aliphatic hydroxyl groups excluding tert-OH is 1. The van der Waals surface area contributed by atoms with Crippen molar-refractivity contribution in [1.29, 1.82) is 0 Å². The summed E-state index contributed by atoms with van der Waals surface area (Å²) in [6.07, 6.45) is -10.6. The second-order valence-electron chi connectivity index (χ2n) is 19.3. The van der Waals surface area contributed by atoms with Gasteiger partial charge >= 0.3 is 24.0 Å². The van der Waals surface area contributed by atoms with Gasteiger partial charge in [-0.05, 0) is 83.3 Å². The maximum absolute atomic E-state index is 15.1. The van der Waals surface area contributed by atoms with Crippen molar-refractivity contribution >= 4 is 24.0 Å². The summed E-state index contributed by atoms with van der Waals surface area (Å²) in [7, 11) is 0. The number of carbonyl (C=O) groups is 4. The number of carbonyl (C=O) groups excluding carboxylic acids is 4. The lowest BCUT2D eigenvalue weighted by molar-refractivity contribution is -0.345. The quantitative estimate of drug-likeness (QED) is 0.164. The average Bonchev–Trinajstić information content (AvgIpc) is 3.58. The Bertz CT molecular complexity index is 1890. The number of hydrogen-bond acceptors (Lipinski definition) is 14. The Morgan fingerprint density at radius 3 is 2.33 bits per heavy atom. The van der Waals surface area contributed by atoms with Gasteiger partial charge in [0.05, 0.1) is 24.2 Å². The molecule has 2 bridgehead atoms. The third-order valence-electron chi connectivity index (χ3n) is 14.0. The third-order valence-corrected chi connectivity index (χ3v) is 14.0. The van der Waals surface area contributed by atoms with Gasteiger partial charge in [-0.2, -0.15) is 0 Å². The number of alkyl halides is 2. The second kappa shape index (κ2) is 16.4. The summed E-state index contributed by atoms with van der Waals surface area (Å²) in [6, 6.07) is 6.10. The van der Waals surface area contributed by atoms with E-state index in [0.717, 1.165) is 19.5 Å². The maximum atomic E-state index is 15.1. The van der Waals surface area contributed by atoms with Crippen molar-refractivity contribution in [1.82, 2.24) is 10.2 Å². The molecule has 0 aromatic heterocycles. The van der Waals surface area contributed by atoms with Crippen molar-refractivity contribution in [2.75, 3.05) is 32.9 Å². The molecule has 17 heteroatoms. The highest BCUT2D eigenvalue weighted by Gasteiger charge is 2.77. The minimum absolute atomic E-state index is 0.0693. The van der Waals surface area contributed by atoms with Crippen molar-refractivity contribution in [3.8, 4) is 0 Å². The van der Waals surface area contributed by atoms with E-state index in [1.165, 1.54) is 6.92 Å². The zero-order chi connectivity index (χ0) is 44.4. The lowest BCUT2D eigenvalue weighted by Gasteiger charge is -2.68. The Morgan fingerprint density at radius 1 is 1.07 bits per heavy atom. The van der Waals surface area contributed by atoms with E-state index < -0.39 is 126 Å². The van der Waals surface area contributed by atoms with Gasteiger partial charge in [0.2, 0.25) is 0 Å². The van der Waals surface area contributed by atoms with Crippen molar-refractivity contribution in [3.05, 3.63) is 47.0 Å². The average molecular weight is 863 g/mol. The number of aliphatic hydroxyl groups is 2. The van der Waals surface area contributed by atoms with Gasteiger partial charge in [-0.15, -0.1) is 0 Å². The maximum Gasteiger partial charge on any atom is 0.408 e. The zero-order valence-electron chi connectivity index (χ0n) is 36.1. The minimum atomic E-state index is -2.54. The highest BCUT2D eigenvalue weighted by atomic mass is 19.2. The molecule has 1 amide bonds. The molecule has 3 N–H and O–H groups in total. The van der Waals surface area contributed by atoms with Crippen LogP contribution < -0.4 is 5.32 Å². The van der Waals surface area contributed by atoms with Crippen LogP contribution in [0, 0.1) is 16.7 Å². The van der Waals surface area contributed by atoms with E-state index in [9.17, 15) is 33.8 Å². The number of nitrogens with one attached hydrogen (secondary N) is 1. The van der Waals surface area contributed by atoms with Gasteiger partial charge in [0.15, 0.2) is 24.2 Å². The van der Waals surface area contributed by atoms with Crippen LogP contribution in [0.15, 0.2) is 41.5 Å². The summed E-state index contributed by atoms with van der Waals surface area (Å²) in [5.74, 6) is -3.81. The van der Waals surface area contributed by atoms with Gasteiger partial charge < -0.3 is 48.7 Å². The number of benzene rings is 1. The first kappa shape index (κ1) is 45.3. The fraction of sp³-hybridized carbons (Fsp3) is 0.727. The summed E-state index contributed by atoms with van der Waals surface area (Å²) in [5, 5.41) is 27.1. The molecule has 0 radical (unpaired) electrons. The zero-order valence-corrected chi connectivity index (χ0v) is 36.1. The first-order chi connectivity index (χ1) is 28.6. The molecule has 1 aromatic carbocycles. The summed E-state index contributed by atoms with van der Waals surface area (Å²) in [6.45, 7) is 13.6. The molecular weight excluding hydrogens is 802 g/mol.